The van der Waals surface area contributed by atoms with Gasteiger partial charge in [0.05, 0.1) is 10.2 Å². The van der Waals surface area contributed by atoms with Crippen LogP contribution < -0.4 is 5.32 Å². The summed E-state index contributed by atoms with van der Waals surface area (Å²) in [6.07, 6.45) is 0. The molecule has 3 aromatic rings. The number of thiazole rings is 1. The molecule has 4 heteroatoms. The number of fused-ring (bicyclic) bond motifs is 1. The lowest BCUT2D eigenvalue weighted by molar-refractivity contribution is 0.629. The minimum Gasteiger partial charge on any atom is -0.331 e. The van der Waals surface area contributed by atoms with E-state index in [4.69, 9.17) is 0 Å². The molecule has 20 heavy (non-hydrogen) atoms. The summed E-state index contributed by atoms with van der Waals surface area (Å²) in [6.45, 7) is 6.24. The Hall–Kier alpha value is -1.94. The van der Waals surface area contributed by atoms with Crippen molar-refractivity contribution in [1.29, 1.82) is 0 Å². The molecule has 0 atom stereocenters. The maximum absolute atomic E-state index is 13.2. The fourth-order valence-corrected chi connectivity index (χ4v) is 3.29. The van der Waals surface area contributed by atoms with Gasteiger partial charge in [0, 0.05) is 11.8 Å². The molecule has 0 unspecified atom stereocenters. The van der Waals surface area contributed by atoms with Gasteiger partial charge in [-0.15, -0.1) is 0 Å². The Bertz CT molecular complexity index is 769. The van der Waals surface area contributed by atoms with Crippen molar-refractivity contribution in [3.63, 3.8) is 0 Å². The average Bonchev–Trinajstić information content (AvgIpc) is 2.75. The summed E-state index contributed by atoms with van der Waals surface area (Å²) in [7, 11) is 0. The fourth-order valence-electron chi connectivity index (χ4n) is 2.44. The quantitative estimate of drug-likeness (QED) is 0.708. The Morgan fingerprint density at radius 3 is 2.45 bits per heavy atom. The molecule has 0 aliphatic carbocycles. The third kappa shape index (κ3) is 2.39. The predicted octanol–water partition coefficient (Wildman–Crippen LogP) is 5.10. The van der Waals surface area contributed by atoms with E-state index >= 15 is 0 Å². The van der Waals surface area contributed by atoms with E-state index in [1.807, 2.05) is 0 Å². The molecule has 0 amide bonds. The van der Waals surface area contributed by atoms with E-state index in [-0.39, 0.29) is 5.82 Å². The van der Waals surface area contributed by atoms with Crippen LogP contribution in [0.15, 0.2) is 30.3 Å². The molecule has 102 valence electrons. The summed E-state index contributed by atoms with van der Waals surface area (Å²) < 4.78 is 14.2. The first-order valence-corrected chi connectivity index (χ1v) is 7.25. The Kier molecular flexibility index (Phi) is 3.18. The van der Waals surface area contributed by atoms with Crippen molar-refractivity contribution in [3.05, 3.63) is 52.8 Å². The number of anilines is 2. The van der Waals surface area contributed by atoms with Gasteiger partial charge in [-0.2, -0.15) is 0 Å². The van der Waals surface area contributed by atoms with Crippen molar-refractivity contribution in [3.8, 4) is 0 Å². The molecule has 0 aliphatic rings. The third-order valence-corrected chi connectivity index (χ3v) is 4.21. The van der Waals surface area contributed by atoms with Gasteiger partial charge in [0.1, 0.15) is 5.82 Å². The molecular formula is C16H15FN2S. The first-order valence-electron chi connectivity index (χ1n) is 6.44. The Morgan fingerprint density at radius 1 is 1.05 bits per heavy atom. The SMILES string of the molecule is Cc1cc(C)c(Nc2nc3cc(F)ccc3s2)c(C)c1. The highest BCUT2D eigenvalue weighted by molar-refractivity contribution is 7.22. The van der Waals surface area contributed by atoms with Crippen molar-refractivity contribution in [2.45, 2.75) is 20.8 Å². The third-order valence-electron chi connectivity index (χ3n) is 3.26. The summed E-state index contributed by atoms with van der Waals surface area (Å²) in [5.41, 5.74) is 5.40. The van der Waals surface area contributed by atoms with Crippen molar-refractivity contribution in [2.75, 3.05) is 5.32 Å². The molecule has 0 spiro atoms. The molecule has 1 aromatic heterocycles. The van der Waals surface area contributed by atoms with Crippen LogP contribution >= 0.6 is 11.3 Å². The first kappa shape index (κ1) is 13.1. The monoisotopic (exact) mass is 286 g/mol. The van der Waals surface area contributed by atoms with Crippen LogP contribution in [0.1, 0.15) is 16.7 Å². The molecule has 1 heterocycles. The maximum atomic E-state index is 13.2. The number of rotatable bonds is 2. The molecular weight excluding hydrogens is 271 g/mol. The van der Waals surface area contributed by atoms with Crippen LogP contribution in [0.25, 0.3) is 10.2 Å². The van der Waals surface area contributed by atoms with Gasteiger partial charge < -0.3 is 5.32 Å². The van der Waals surface area contributed by atoms with Gasteiger partial charge in [-0.1, -0.05) is 29.0 Å². The zero-order valence-electron chi connectivity index (χ0n) is 11.6. The van der Waals surface area contributed by atoms with Crippen LogP contribution in [0, 0.1) is 26.6 Å². The lowest BCUT2D eigenvalue weighted by Gasteiger charge is -2.11. The second-order valence-corrected chi connectivity index (χ2v) is 6.06. The van der Waals surface area contributed by atoms with E-state index in [1.165, 1.54) is 40.2 Å². The van der Waals surface area contributed by atoms with Gasteiger partial charge in [0.15, 0.2) is 5.13 Å². The van der Waals surface area contributed by atoms with Crippen molar-refractivity contribution in [2.24, 2.45) is 0 Å². The summed E-state index contributed by atoms with van der Waals surface area (Å²) in [5.74, 6) is -0.253. The van der Waals surface area contributed by atoms with Crippen LogP contribution in [-0.2, 0) is 0 Å². The average molecular weight is 286 g/mol. The van der Waals surface area contributed by atoms with Crippen LogP contribution in [0.4, 0.5) is 15.2 Å². The number of hydrogen-bond donors (Lipinski definition) is 1. The highest BCUT2D eigenvalue weighted by Crippen LogP contribution is 2.31. The van der Waals surface area contributed by atoms with Gasteiger partial charge in [-0.05, 0) is 44.0 Å². The lowest BCUT2D eigenvalue weighted by atomic mass is 10.1. The Balaban J connectivity index is 2.01. The largest absolute Gasteiger partial charge is 0.331 e. The highest BCUT2D eigenvalue weighted by atomic mass is 32.1. The van der Waals surface area contributed by atoms with Gasteiger partial charge in [-0.3, -0.25) is 0 Å². The van der Waals surface area contributed by atoms with Crippen molar-refractivity contribution >= 4 is 32.4 Å². The number of nitrogens with zero attached hydrogens (tertiary/aromatic N) is 1. The molecule has 1 N–H and O–H groups in total. The fraction of sp³-hybridized carbons (Fsp3) is 0.188. The van der Waals surface area contributed by atoms with Gasteiger partial charge in [-0.25, -0.2) is 9.37 Å². The Morgan fingerprint density at radius 2 is 1.75 bits per heavy atom. The molecule has 0 saturated carbocycles. The highest BCUT2D eigenvalue weighted by Gasteiger charge is 2.08. The van der Waals surface area contributed by atoms with E-state index in [9.17, 15) is 4.39 Å². The molecule has 0 radical (unpaired) electrons. The van der Waals surface area contributed by atoms with Gasteiger partial charge >= 0.3 is 0 Å². The van der Waals surface area contributed by atoms with Crippen LogP contribution in [-0.4, -0.2) is 4.98 Å². The van der Waals surface area contributed by atoms with E-state index in [0.717, 1.165) is 15.5 Å². The minimum atomic E-state index is -0.253. The predicted molar refractivity (Wildman–Crippen MR) is 83.5 cm³/mol. The topological polar surface area (TPSA) is 24.9 Å². The van der Waals surface area contributed by atoms with Gasteiger partial charge in [0.25, 0.3) is 0 Å². The van der Waals surface area contributed by atoms with E-state index in [1.54, 1.807) is 6.07 Å². The number of nitrogens with one attached hydrogen (secondary N) is 1. The van der Waals surface area contributed by atoms with Crippen molar-refractivity contribution < 1.29 is 4.39 Å². The molecule has 0 fully saturated rings. The number of hydrogen-bond acceptors (Lipinski definition) is 3. The molecule has 3 rings (SSSR count). The summed E-state index contributed by atoms with van der Waals surface area (Å²) in [5, 5.41) is 4.15. The zero-order valence-corrected chi connectivity index (χ0v) is 12.4. The number of benzene rings is 2. The molecule has 0 bridgehead atoms. The van der Waals surface area contributed by atoms with Crippen molar-refractivity contribution in [1.82, 2.24) is 4.98 Å². The van der Waals surface area contributed by atoms with E-state index < -0.39 is 0 Å². The normalized spacial score (nSPS) is 11.0. The standard InChI is InChI=1S/C16H15FN2S/c1-9-6-10(2)15(11(3)7-9)19-16-18-13-8-12(17)4-5-14(13)20-16/h4-8H,1-3H3,(H,18,19). The number of aromatic nitrogens is 1. The molecule has 2 nitrogen and oxygen atoms in total. The maximum Gasteiger partial charge on any atom is 0.188 e. The molecule has 0 saturated heterocycles. The minimum absolute atomic E-state index is 0.253. The Labute approximate surface area is 121 Å². The summed E-state index contributed by atoms with van der Waals surface area (Å²) in [4.78, 5) is 4.44. The number of aryl methyl sites for hydroxylation is 3. The second kappa shape index (κ2) is 4.87. The first-order chi connectivity index (χ1) is 9.52. The molecule has 0 aliphatic heterocycles. The number of halogens is 1. The zero-order chi connectivity index (χ0) is 14.3. The van der Waals surface area contributed by atoms with Crippen LogP contribution in [0.3, 0.4) is 0 Å². The second-order valence-electron chi connectivity index (χ2n) is 5.03. The summed E-state index contributed by atoms with van der Waals surface area (Å²) in [6, 6.07) is 8.98. The summed E-state index contributed by atoms with van der Waals surface area (Å²) >= 11 is 1.53. The molecule has 2 aromatic carbocycles. The van der Waals surface area contributed by atoms with E-state index in [2.05, 4.69) is 43.2 Å². The van der Waals surface area contributed by atoms with Crippen LogP contribution in [0.2, 0.25) is 0 Å². The van der Waals surface area contributed by atoms with Crippen LogP contribution in [0.5, 0.6) is 0 Å². The lowest BCUT2D eigenvalue weighted by Crippen LogP contribution is -1.96. The van der Waals surface area contributed by atoms with E-state index in [0.29, 0.717) is 5.52 Å². The smallest absolute Gasteiger partial charge is 0.188 e. The van der Waals surface area contributed by atoms with Gasteiger partial charge in [0.2, 0.25) is 0 Å².